The Labute approximate surface area is 193 Å². The van der Waals surface area contributed by atoms with Crippen molar-refractivity contribution in [2.45, 2.75) is 17.7 Å². The lowest BCUT2D eigenvalue weighted by Crippen LogP contribution is -2.48. The van der Waals surface area contributed by atoms with Crippen molar-refractivity contribution in [1.29, 1.82) is 0 Å². The van der Waals surface area contributed by atoms with Gasteiger partial charge < -0.3 is 10.2 Å². The van der Waals surface area contributed by atoms with Crippen molar-refractivity contribution in [2.24, 2.45) is 4.99 Å². The second-order valence-corrected chi connectivity index (χ2v) is 9.92. The molecule has 0 bridgehead atoms. The quantitative estimate of drug-likeness (QED) is 0.669. The number of carbonyl (C=O) groups is 1. The standard InChI is InChI=1S/C22H26ClN5O3S/c23-19-7-1-2-8-20(19)28-13-11-27(12-14-28)16-22(29)25-17-5-3-6-18(15-17)32(30,31)26-21-9-4-10-24-21/h1-3,5-8,15H,4,9-14,16H2,(H,24,26)(H,25,29). The fourth-order valence-corrected chi connectivity index (χ4v) is 5.23. The monoisotopic (exact) mass is 475 g/mol. The Morgan fingerprint density at radius 1 is 1.06 bits per heavy atom. The van der Waals surface area contributed by atoms with Crippen molar-refractivity contribution in [1.82, 2.24) is 9.62 Å². The van der Waals surface area contributed by atoms with Crippen LogP contribution in [0.4, 0.5) is 11.4 Å². The van der Waals surface area contributed by atoms with Gasteiger partial charge in [0, 0.05) is 44.8 Å². The van der Waals surface area contributed by atoms with Crippen LogP contribution in [0.15, 0.2) is 58.4 Å². The first-order valence-corrected chi connectivity index (χ1v) is 12.4. The summed E-state index contributed by atoms with van der Waals surface area (Å²) < 4.78 is 27.7. The van der Waals surface area contributed by atoms with Crippen LogP contribution in [0.2, 0.25) is 5.02 Å². The summed E-state index contributed by atoms with van der Waals surface area (Å²) in [5, 5.41) is 3.53. The number of rotatable bonds is 6. The van der Waals surface area contributed by atoms with Crippen LogP contribution in [-0.2, 0) is 14.8 Å². The third-order valence-corrected chi connectivity index (χ3v) is 7.19. The summed E-state index contributed by atoms with van der Waals surface area (Å²) in [4.78, 5) is 21.1. The highest BCUT2D eigenvalue weighted by molar-refractivity contribution is 7.90. The highest BCUT2D eigenvalue weighted by Crippen LogP contribution is 2.26. The SMILES string of the molecule is O=C(CN1CCN(c2ccccc2Cl)CC1)Nc1cccc(S(=O)(=O)NC2=NCCC2)c1. The number of benzene rings is 2. The van der Waals surface area contributed by atoms with Crippen molar-refractivity contribution in [3.8, 4) is 0 Å². The fourth-order valence-electron chi connectivity index (χ4n) is 3.84. The molecule has 4 rings (SSSR count). The predicted octanol–water partition coefficient (Wildman–Crippen LogP) is 2.57. The molecule has 0 spiro atoms. The molecule has 0 aromatic heterocycles. The summed E-state index contributed by atoms with van der Waals surface area (Å²) in [6, 6.07) is 14.0. The van der Waals surface area contributed by atoms with Gasteiger partial charge in [0.2, 0.25) is 5.91 Å². The molecule has 2 aromatic rings. The lowest BCUT2D eigenvalue weighted by molar-refractivity contribution is -0.117. The van der Waals surface area contributed by atoms with Gasteiger partial charge in [0.05, 0.1) is 22.2 Å². The number of halogens is 1. The summed E-state index contributed by atoms with van der Waals surface area (Å²) in [5.41, 5.74) is 1.45. The van der Waals surface area contributed by atoms with Crippen molar-refractivity contribution < 1.29 is 13.2 Å². The van der Waals surface area contributed by atoms with Crippen molar-refractivity contribution in [3.05, 3.63) is 53.6 Å². The molecule has 2 aliphatic heterocycles. The lowest BCUT2D eigenvalue weighted by Gasteiger charge is -2.36. The third-order valence-electron chi connectivity index (χ3n) is 5.49. The first-order valence-electron chi connectivity index (χ1n) is 10.6. The minimum Gasteiger partial charge on any atom is -0.368 e. The first-order chi connectivity index (χ1) is 15.4. The van der Waals surface area contributed by atoms with E-state index in [0.29, 0.717) is 24.5 Å². The van der Waals surface area contributed by atoms with Crippen molar-refractivity contribution in [2.75, 3.05) is 49.5 Å². The fraction of sp³-hybridized carbons (Fsp3) is 0.364. The van der Waals surface area contributed by atoms with Crippen LogP contribution in [0, 0.1) is 0 Å². The van der Waals surface area contributed by atoms with E-state index >= 15 is 0 Å². The van der Waals surface area contributed by atoms with Gasteiger partial charge in [-0.25, -0.2) is 8.42 Å². The summed E-state index contributed by atoms with van der Waals surface area (Å²) in [5.74, 6) is 0.300. The molecule has 170 valence electrons. The number of aliphatic imine (C=N–C) groups is 1. The van der Waals surface area contributed by atoms with Crippen molar-refractivity contribution in [3.63, 3.8) is 0 Å². The zero-order valence-corrected chi connectivity index (χ0v) is 19.2. The average molecular weight is 476 g/mol. The molecule has 1 saturated heterocycles. The number of hydrogen-bond acceptors (Lipinski definition) is 6. The van der Waals surface area contributed by atoms with E-state index in [2.05, 4.69) is 24.8 Å². The number of para-hydroxylation sites is 1. The van der Waals surface area contributed by atoms with E-state index in [4.69, 9.17) is 11.6 Å². The maximum Gasteiger partial charge on any atom is 0.262 e. The van der Waals surface area contributed by atoms with Gasteiger partial charge in [-0.1, -0.05) is 29.8 Å². The maximum atomic E-state index is 12.6. The molecule has 0 aliphatic carbocycles. The second-order valence-electron chi connectivity index (χ2n) is 7.83. The first kappa shape index (κ1) is 22.6. The number of anilines is 2. The van der Waals surface area contributed by atoms with E-state index in [0.717, 1.165) is 43.3 Å². The Kier molecular flexibility index (Phi) is 6.98. The molecule has 0 saturated carbocycles. The zero-order chi connectivity index (χ0) is 22.6. The Morgan fingerprint density at radius 2 is 1.84 bits per heavy atom. The number of carbonyl (C=O) groups excluding carboxylic acids is 1. The molecule has 0 atom stereocenters. The van der Waals surface area contributed by atoms with Crippen LogP contribution in [0.5, 0.6) is 0 Å². The minimum atomic E-state index is -3.72. The molecule has 1 amide bonds. The summed E-state index contributed by atoms with van der Waals surface area (Å²) in [6.07, 6.45) is 1.47. The smallest absolute Gasteiger partial charge is 0.262 e. The van der Waals surface area contributed by atoms with Gasteiger partial charge in [-0.15, -0.1) is 0 Å². The summed E-state index contributed by atoms with van der Waals surface area (Å²) in [6.45, 7) is 3.90. The predicted molar refractivity (Wildman–Crippen MR) is 127 cm³/mol. The van der Waals surface area contributed by atoms with Crippen LogP contribution in [-0.4, -0.2) is 64.3 Å². The van der Waals surface area contributed by atoms with E-state index < -0.39 is 10.0 Å². The zero-order valence-electron chi connectivity index (χ0n) is 17.6. The topological polar surface area (TPSA) is 94.1 Å². The van der Waals surface area contributed by atoms with Gasteiger partial charge in [0.1, 0.15) is 5.84 Å². The van der Waals surface area contributed by atoms with Gasteiger partial charge in [-0.05, 0) is 36.8 Å². The number of nitrogens with zero attached hydrogens (tertiary/aromatic N) is 3. The van der Waals surface area contributed by atoms with Gasteiger partial charge in [-0.3, -0.25) is 19.4 Å². The van der Waals surface area contributed by atoms with Crippen LogP contribution < -0.4 is 14.9 Å². The van der Waals surface area contributed by atoms with Gasteiger partial charge in [0.15, 0.2) is 0 Å². The Hall–Kier alpha value is -2.62. The van der Waals surface area contributed by atoms with E-state index in [-0.39, 0.29) is 17.3 Å². The molecular weight excluding hydrogens is 450 g/mol. The Bertz CT molecular complexity index is 1110. The highest BCUT2D eigenvalue weighted by atomic mass is 35.5. The average Bonchev–Trinajstić information content (AvgIpc) is 3.27. The maximum absolute atomic E-state index is 12.6. The molecule has 32 heavy (non-hydrogen) atoms. The molecule has 1 fully saturated rings. The minimum absolute atomic E-state index is 0.0956. The molecular formula is C22H26ClN5O3S. The number of nitrogens with one attached hydrogen (secondary N) is 2. The largest absolute Gasteiger partial charge is 0.368 e. The number of piperazine rings is 1. The second kappa shape index (κ2) is 9.89. The van der Waals surface area contributed by atoms with Gasteiger partial charge >= 0.3 is 0 Å². The number of amidine groups is 1. The Balaban J connectivity index is 1.31. The molecule has 0 unspecified atom stereocenters. The van der Waals surface area contributed by atoms with E-state index in [1.165, 1.54) is 12.1 Å². The normalized spacial score (nSPS) is 17.2. The summed E-state index contributed by atoms with van der Waals surface area (Å²) in [7, 11) is -3.72. The summed E-state index contributed by atoms with van der Waals surface area (Å²) >= 11 is 6.29. The van der Waals surface area contributed by atoms with Crippen LogP contribution in [0.3, 0.4) is 0 Å². The molecule has 2 N–H and O–H groups in total. The van der Waals surface area contributed by atoms with Crippen molar-refractivity contribution >= 4 is 44.7 Å². The number of hydrogen-bond donors (Lipinski definition) is 2. The molecule has 2 heterocycles. The van der Waals surface area contributed by atoms with Crippen LogP contribution >= 0.6 is 11.6 Å². The van der Waals surface area contributed by atoms with E-state index in [1.54, 1.807) is 12.1 Å². The Morgan fingerprint density at radius 3 is 2.56 bits per heavy atom. The van der Waals surface area contributed by atoms with Gasteiger partial charge in [-0.2, -0.15) is 0 Å². The lowest BCUT2D eigenvalue weighted by atomic mass is 10.2. The van der Waals surface area contributed by atoms with Crippen LogP contribution in [0.1, 0.15) is 12.8 Å². The number of amides is 1. The third kappa shape index (κ3) is 5.59. The molecule has 2 aliphatic rings. The molecule has 2 aromatic carbocycles. The van der Waals surface area contributed by atoms with Crippen LogP contribution in [0.25, 0.3) is 0 Å². The molecule has 8 nitrogen and oxygen atoms in total. The number of sulfonamides is 1. The van der Waals surface area contributed by atoms with E-state index in [9.17, 15) is 13.2 Å². The van der Waals surface area contributed by atoms with Gasteiger partial charge in [0.25, 0.3) is 10.0 Å². The molecule has 10 heteroatoms. The highest BCUT2D eigenvalue weighted by Gasteiger charge is 2.21. The molecule has 0 radical (unpaired) electrons. The van der Waals surface area contributed by atoms with E-state index in [1.807, 2.05) is 24.3 Å².